The maximum atomic E-state index is 12.6. The molecule has 0 saturated heterocycles. The number of amides is 1. The Morgan fingerprint density at radius 3 is 2.48 bits per heavy atom. The van der Waals surface area contributed by atoms with Crippen LogP contribution in [-0.4, -0.2) is 45.7 Å². The van der Waals surface area contributed by atoms with E-state index in [-0.39, 0.29) is 35.2 Å². The molecule has 0 fully saturated rings. The molecule has 23 heavy (non-hydrogen) atoms. The van der Waals surface area contributed by atoms with Gasteiger partial charge in [0.25, 0.3) is 11.5 Å². The third kappa shape index (κ3) is 3.32. The van der Waals surface area contributed by atoms with E-state index in [1.807, 2.05) is 13.8 Å². The first-order chi connectivity index (χ1) is 10.5. The van der Waals surface area contributed by atoms with Crippen LogP contribution in [0.15, 0.2) is 4.79 Å². The molecular weight excluding hydrogens is 313 g/mol. The summed E-state index contributed by atoms with van der Waals surface area (Å²) in [5.74, 6) is -0.595. The van der Waals surface area contributed by atoms with Crippen LogP contribution in [-0.2, 0) is 0 Å². The van der Waals surface area contributed by atoms with Crippen molar-refractivity contribution in [1.82, 2.24) is 14.5 Å². The van der Waals surface area contributed by atoms with Gasteiger partial charge in [0.1, 0.15) is 12.2 Å². The SMILES string of the molecule is Cc1c2n(c(NCC(F)(F)F)nc1=O)[C@@H](C)CN(C(C)C)C2=O. The standard InChI is InChI=1S/C14H19F3N4O2/c1-7(2)20-5-8(3)21-10(12(20)23)9(4)11(22)19-13(21)18-6-14(15,16)17/h7-8H,5-6H2,1-4H3,(H,18,19,22)/t8-/m0/s1. The number of halogens is 3. The molecule has 6 nitrogen and oxygen atoms in total. The number of nitrogens with zero attached hydrogens (tertiary/aromatic N) is 3. The number of aromatic nitrogens is 2. The van der Waals surface area contributed by atoms with Gasteiger partial charge in [-0.05, 0) is 27.7 Å². The molecule has 2 heterocycles. The average molecular weight is 332 g/mol. The van der Waals surface area contributed by atoms with Crippen LogP contribution in [0.1, 0.15) is 42.9 Å². The minimum absolute atomic E-state index is 0.0760. The van der Waals surface area contributed by atoms with Gasteiger partial charge >= 0.3 is 6.18 Å². The highest BCUT2D eigenvalue weighted by Gasteiger charge is 2.35. The Morgan fingerprint density at radius 1 is 1.35 bits per heavy atom. The molecule has 1 atom stereocenters. The van der Waals surface area contributed by atoms with Crippen LogP contribution in [0, 0.1) is 6.92 Å². The summed E-state index contributed by atoms with van der Waals surface area (Å²) in [6.07, 6.45) is -4.45. The van der Waals surface area contributed by atoms with Crippen molar-refractivity contribution in [2.75, 3.05) is 18.4 Å². The van der Waals surface area contributed by atoms with Crippen molar-refractivity contribution >= 4 is 11.9 Å². The number of hydrogen-bond acceptors (Lipinski definition) is 4. The molecule has 1 aliphatic heterocycles. The zero-order valence-corrected chi connectivity index (χ0v) is 13.4. The van der Waals surface area contributed by atoms with Gasteiger partial charge in [0.2, 0.25) is 5.95 Å². The van der Waals surface area contributed by atoms with E-state index in [0.29, 0.717) is 6.54 Å². The van der Waals surface area contributed by atoms with Crippen LogP contribution in [0.4, 0.5) is 19.1 Å². The van der Waals surface area contributed by atoms with Crippen LogP contribution in [0.2, 0.25) is 0 Å². The zero-order chi connectivity index (χ0) is 17.5. The number of anilines is 1. The third-order valence-electron chi connectivity index (χ3n) is 3.79. The van der Waals surface area contributed by atoms with Gasteiger partial charge in [0.05, 0.1) is 6.04 Å². The molecule has 0 unspecified atom stereocenters. The van der Waals surface area contributed by atoms with E-state index in [0.717, 1.165) is 0 Å². The van der Waals surface area contributed by atoms with E-state index in [4.69, 9.17) is 0 Å². The highest BCUT2D eigenvalue weighted by Crippen LogP contribution is 2.27. The normalized spacial score (nSPS) is 18.3. The van der Waals surface area contributed by atoms with Gasteiger partial charge in [0.15, 0.2) is 0 Å². The number of hydrogen-bond donors (Lipinski definition) is 1. The lowest BCUT2D eigenvalue weighted by Crippen LogP contribution is -2.48. The molecular formula is C14H19F3N4O2. The molecule has 0 spiro atoms. The molecule has 1 aromatic rings. The maximum absolute atomic E-state index is 12.6. The van der Waals surface area contributed by atoms with Crippen molar-refractivity contribution in [3.05, 3.63) is 21.6 Å². The Morgan fingerprint density at radius 2 is 1.96 bits per heavy atom. The summed E-state index contributed by atoms with van der Waals surface area (Å²) in [7, 11) is 0. The summed E-state index contributed by atoms with van der Waals surface area (Å²) in [6.45, 7) is 5.94. The highest BCUT2D eigenvalue weighted by molar-refractivity contribution is 5.95. The first-order valence-corrected chi connectivity index (χ1v) is 7.27. The van der Waals surface area contributed by atoms with Crippen molar-refractivity contribution in [3.8, 4) is 0 Å². The van der Waals surface area contributed by atoms with Gasteiger partial charge in [-0.15, -0.1) is 0 Å². The summed E-state index contributed by atoms with van der Waals surface area (Å²) in [5.41, 5.74) is -0.459. The van der Waals surface area contributed by atoms with Gasteiger partial charge in [-0.2, -0.15) is 18.2 Å². The number of nitrogens with one attached hydrogen (secondary N) is 1. The summed E-state index contributed by atoms with van der Waals surface area (Å²) in [4.78, 5) is 29.8. The van der Waals surface area contributed by atoms with Crippen LogP contribution < -0.4 is 10.9 Å². The lowest BCUT2D eigenvalue weighted by molar-refractivity contribution is -0.115. The lowest BCUT2D eigenvalue weighted by Gasteiger charge is -2.38. The highest BCUT2D eigenvalue weighted by atomic mass is 19.4. The predicted octanol–water partition coefficient (Wildman–Crippen LogP) is 1.95. The van der Waals surface area contributed by atoms with Crippen molar-refractivity contribution in [2.24, 2.45) is 0 Å². The van der Waals surface area contributed by atoms with Crippen LogP contribution >= 0.6 is 0 Å². The van der Waals surface area contributed by atoms with Gasteiger partial charge in [0, 0.05) is 18.2 Å². The van der Waals surface area contributed by atoms with E-state index in [2.05, 4.69) is 10.3 Å². The lowest BCUT2D eigenvalue weighted by atomic mass is 10.1. The fourth-order valence-corrected chi connectivity index (χ4v) is 2.65. The molecule has 0 aliphatic carbocycles. The number of rotatable bonds is 3. The largest absolute Gasteiger partial charge is 0.405 e. The second-order valence-electron chi connectivity index (χ2n) is 5.95. The first kappa shape index (κ1) is 17.3. The fourth-order valence-electron chi connectivity index (χ4n) is 2.65. The summed E-state index contributed by atoms with van der Waals surface area (Å²) >= 11 is 0. The van der Waals surface area contributed by atoms with E-state index in [1.54, 1.807) is 11.8 Å². The third-order valence-corrected chi connectivity index (χ3v) is 3.79. The summed E-state index contributed by atoms with van der Waals surface area (Å²) in [5, 5.41) is 2.13. The molecule has 1 aromatic heterocycles. The van der Waals surface area contributed by atoms with Gasteiger partial charge in [-0.3, -0.25) is 9.59 Å². The number of alkyl halides is 3. The molecule has 0 bridgehead atoms. The Labute approximate surface area is 131 Å². The zero-order valence-electron chi connectivity index (χ0n) is 13.4. The number of carbonyl (C=O) groups excluding carboxylic acids is 1. The van der Waals surface area contributed by atoms with E-state index in [1.165, 1.54) is 11.5 Å². The molecule has 0 radical (unpaired) electrons. The molecule has 9 heteroatoms. The van der Waals surface area contributed by atoms with Crippen molar-refractivity contribution in [2.45, 2.75) is 46.0 Å². The van der Waals surface area contributed by atoms with Gasteiger partial charge in [-0.1, -0.05) is 0 Å². The first-order valence-electron chi connectivity index (χ1n) is 7.27. The van der Waals surface area contributed by atoms with Crippen molar-refractivity contribution < 1.29 is 18.0 Å². The molecule has 128 valence electrons. The van der Waals surface area contributed by atoms with Gasteiger partial charge < -0.3 is 14.8 Å². The summed E-state index contributed by atoms with van der Waals surface area (Å²) in [6, 6.07) is -0.374. The van der Waals surface area contributed by atoms with Crippen LogP contribution in [0.3, 0.4) is 0 Å². The van der Waals surface area contributed by atoms with Crippen molar-refractivity contribution in [3.63, 3.8) is 0 Å². The maximum Gasteiger partial charge on any atom is 0.405 e. The van der Waals surface area contributed by atoms with E-state index in [9.17, 15) is 22.8 Å². The second-order valence-corrected chi connectivity index (χ2v) is 5.95. The molecule has 2 rings (SSSR count). The Bertz CT molecular complexity index is 682. The minimum atomic E-state index is -4.45. The number of carbonyl (C=O) groups is 1. The molecule has 0 aromatic carbocycles. The Balaban J connectivity index is 2.56. The van der Waals surface area contributed by atoms with E-state index < -0.39 is 18.3 Å². The average Bonchev–Trinajstić information content (AvgIpc) is 2.42. The van der Waals surface area contributed by atoms with Gasteiger partial charge in [-0.25, -0.2) is 0 Å². The van der Waals surface area contributed by atoms with E-state index >= 15 is 0 Å². The van der Waals surface area contributed by atoms with Crippen molar-refractivity contribution in [1.29, 1.82) is 0 Å². The number of fused-ring (bicyclic) bond motifs is 1. The Hall–Kier alpha value is -2.06. The molecule has 1 N–H and O–H groups in total. The quantitative estimate of drug-likeness (QED) is 0.919. The second kappa shape index (κ2) is 5.86. The fraction of sp³-hybridized carbons (Fsp3) is 0.643. The molecule has 1 aliphatic rings. The predicted molar refractivity (Wildman–Crippen MR) is 78.7 cm³/mol. The smallest absolute Gasteiger partial charge is 0.346 e. The summed E-state index contributed by atoms with van der Waals surface area (Å²) < 4.78 is 38.7. The molecule has 0 saturated carbocycles. The van der Waals surface area contributed by atoms with Crippen LogP contribution in [0.25, 0.3) is 0 Å². The molecule has 1 amide bonds. The minimum Gasteiger partial charge on any atom is -0.346 e. The monoisotopic (exact) mass is 332 g/mol. The topological polar surface area (TPSA) is 67.2 Å². The Kier molecular flexibility index (Phi) is 4.41. The van der Waals surface area contributed by atoms with Crippen LogP contribution in [0.5, 0.6) is 0 Å².